The number of halogens is 1. The van der Waals surface area contributed by atoms with Gasteiger partial charge in [0, 0.05) is 5.69 Å². The first-order chi connectivity index (χ1) is 7.84. The molecule has 0 saturated heterocycles. The molecule has 1 heterocycles. The summed E-state index contributed by atoms with van der Waals surface area (Å²) in [4.78, 5) is 0. The van der Waals surface area contributed by atoms with Crippen LogP contribution in [0.3, 0.4) is 0 Å². The molecular weight excluding hydrogens is 208 g/mol. The summed E-state index contributed by atoms with van der Waals surface area (Å²) in [6.07, 6.45) is 1.98. The molecule has 0 aliphatic rings. The van der Waals surface area contributed by atoms with Gasteiger partial charge >= 0.3 is 18.9 Å². The van der Waals surface area contributed by atoms with Crippen LogP contribution in [-0.4, -0.2) is 4.57 Å². The van der Waals surface area contributed by atoms with Crippen molar-refractivity contribution in [1.82, 2.24) is 4.57 Å². The van der Waals surface area contributed by atoms with E-state index in [1.54, 1.807) is 12.1 Å². The Labute approximate surface area is 111 Å². The molecule has 3 rings (SSSR count). The molecule has 17 heavy (non-hydrogen) atoms. The maximum absolute atomic E-state index is 12.8. The van der Waals surface area contributed by atoms with Gasteiger partial charge in [0.05, 0.1) is 0 Å². The van der Waals surface area contributed by atoms with E-state index >= 15 is 0 Å². The monoisotopic (exact) mass is 217 g/mol. The minimum atomic E-state index is -0.214. The zero-order valence-corrected chi connectivity index (χ0v) is 9.52. The number of hydrogen-bond acceptors (Lipinski definition) is 0. The van der Waals surface area contributed by atoms with Gasteiger partial charge in [-0.1, -0.05) is 11.6 Å². The molecule has 0 fully saturated rings. The predicted molar refractivity (Wildman–Crippen MR) is 62.1 cm³/mol. The van der Waals surface area contributed by atoms with Gasteiger partial charge in [-0.15, -0.1) is 11.5 Å². The fraction of sp³-hybridized carbons (Fsp3) is 0. The molecule has 0 bridgehead atoms. The SMILES string of the molecule is Fc1ccc(-n2ccc3c[c-]ccc32)cc1.[Li+]. The van der Waals surface area contributed by atoms with Gasteiger partial charge in [-0.05, 0) is 30.5 Å². The summed E-state index contributed by atoms with van der Waals surface area (Å²) < 4.78 is 14.9. The Morgan fingerprint density at radius 2 is 1.76 bits per heavy atom. The molecule has 0 aliphatic heterocycles. The van der Waals surface area contributed by atoms with Crippen LogP contribution in [0.15, 0.2) is 54.7 Å². The first-order valence-electron chi connectivity index (χ1n) is 5.08. The van der Waals surface area contributed by atoms with Crippen LogP contribution in [0.25, 0.3) is 16.6 Å². The maximum atomic E-state index is 12.8. The summed E-state index contributed by atoms with van der Waals surface area (Å²) in [6, 6.07) is 17.4. The smallest absolute Gasteiger partial charge is 0.341 e. The van der Waals surface area contributed by atoms with E-state index in [1.807, 2.05) is 35.0 Å². The maximum Gasteiger partial charge on any atom is 1.00 e. The zero-order chi connectivity index (χ0) is 11.0. The zero-order valence-electron chi connectivity index (χ0n) is 9.52. The van der Waals surface area contributed by atoms with Gasteiger partial charge in [0.2, 0.25) is 0 Å². The van der Waals surface area contributed by atoms with Crippen LogP contribution in [0.2, 0.25) is 0 Å². The van der Waals surface area contributed by atoms with Crippen molar-refractivity contribution in [2.24, 2.45) is 0 Å². The summed E-state index contributed by atoms with van der Waals surface area (Å²) >= 11 is 0. The molecule has 1 aromatic heterocycles. The molecular formula is C14H9FLiN. The minimum absolute atomic E-state index is 0. The molecule has 0 spiro atoms. The third-order valence-electron chi connectivity index (χ3n) is 2.64. The van der Waals surface area contributed by atoms with E-state index in [-0.39, 0.29) is 24.7 Å². The van der Waals surface area contributed by atoms with Crippen LogP contribution in [0.4, 0.5) is 4.39 Å². The minimum Gasteiger partial charge on any atom is -0.341 e. The van der Waals surface area contributed by atoms with Crippen molar-refractivity contribution in [3.05, 3.63) is 66.6 Å². The third kappa shape index (κ3) is 2.15. The van der Waals surface area contributed by atoms with Gasteiger partial charge in [0.25, 0.3) is 0 Å². The van der Waals surface area contributed by atoms with Gasteiger partial charge in [-0.25, -0.2) is 4.39 Å². The van der Waals surface area contributed by atoms with Crippen LogP contribution in [0, 0.1) is 11.9 Å². The molecule has 0 saturated carbocycles. The molecule has 3 heteroatoms. The van der Waals surface area contributed by atoms with E-state index in [4.69, 9.17) is 0 Å². The van der Waals surface area contributed by atoms with Crippen LogP contribution in [0.5, 0.6) is 0 Å². The normalized spacial score (nSPS) is 10.2. The summed E-state index contributed by atoms with van der Waals surface area (Å²) in [5.41, 5.74) is 2.06. The number of nitrogens with zero attached hydrogens (tertiary/aromatic N) is 1. The Morgan fingerprint density at radius 1 is 1.00 bits per heavy atom. The molecule has 3 aromatic rings. The fourth-order valence-electron chi connectivity index (χ4n) is 1.85. The quantitative estimate of drug-likeness (QED) is 0.415. The van der Waals surface area contributed by atoms with Crippen LogP contribution in [0.1, 0.15) is 0 Å². The van der Waals surface area contributed by atoms with E-state index in [2.05, 4.69) is 6.07 Å². The van der Waals surface area contributed by atoms with Crippen molar-refractivity contribution in [1.29, 1.82) is 0 Å². The van der Waals surface area contributed by atoms with E-state index in [9.17, 15) is 4.39 Å². The number of hydrogen-bond donors (Lipinski definition) is 0. The second kappa shape index (κ2) is 4.79. The van der Waals surface area contributed by atoms with Crippen molar-refractivity contribution in [3.63, 3.8) is 0 Å². The molecule has 0 N–H and O–H groups in total. The standard InChI is InChI=1S/C14H9FN.Li/c15-12-5-7-13(8-6-12)16-10-9-11-3-1-2-4-14(11)16;/h2-10H;/q-1;+1. The van der Waals surface area contributed by atoms with Crippen LogP contribution >= 0.6 is 0 Å². The third-order valence-corrected chi connectivity index (χ3v) is 2.64. The first-order valence-corrected chi connectivity index (χ1v) is 5.08. The van der Waals surface area contributed by atoms with Crippen molar-refractivity contribution >= 4 is 10.9 Å². The topological polar surface area (TPSA) is 4.93 Å². The van der Waals surface area contributed by atoms with Gasteiger partial charge in [-0.2, -0.15) is 18.2 Å². The van der Waals surface area contributed by atoms with E-state index in [0.29, 0.717) is 0 Å². The molecule has 0 amide bonds. The Balaban J connectivity index is 0.00000108. The fourth-order valence-corrected chi connectivity index (χ4v) is 1.85. The number of aromatic nitrogens is 1. The number of fused-ring (bicyclic) bond motifs is 1. The van der Waals surface area contributed by atoms with Crippen molar-refractivity contribution < 1.29 is 23.3 Å². The van der Waals surface area contributed by atoms with Crippen LogP contribution < -0.4 is 18.9 Å². The molecule has 0 atom stereocenters. The summed E-state index contributed by atoms with van der Waals surface area (Å²) in [6.45, 7) is 0. The van der Waals surface area contributed by atoms with Gasteiger partial charge in [-0.3, -0.25) is 0 Å². The molecule has 78 valence electrons. The molecule has 0 aliphatic carbocycles. The van der Waals surface area contributed by atoms with Crippen LogP contribution in [-0.2, 0) is 0 Å². The first kappa shape index (κ1) is 12.0. The van der Waals surface area contributed by atoms with Gasteiger partial charge in [0.1, 0.15) is 5.82 Å². The largest absolute Gasteiger partial charge is 1.00 e. The Kier molecular flexibility index (Phi) is 3.37. The van der Waals surface area contributed by atoms with E-state index in [1.165, 1.54) is 12.1 Å². The molecule has 2 aromatic carbocycles. The van der Waals surface area contributed by atoms with Crippen molar-refractivity contribution in [2.75, 3.05) is 0 Å². The second-order valence-corrected chi connectivity index (χ2v) is 3.65. The Bertz CT molecular complexity index is 628. The average molecular weight is 217 g/mol. The van der Waals surface area contributed by atoms with Crippen molar-refractivity contribution in [3.8, 4) is 5.69 Å². The summed E-state index contributed by atoms with van der Waals surface area (Å²) in [5.74, 6) is -0.214. The Morgan fingerprint density at radius 3 is 2.53 bits per heavy atom. The average Bonchev–Trinajstić information content (AvgIpc) is 2.74. The van der Waals surface area contributed by atoms with Crippen molar-refractivity contribution in [2.45, 2.75) is 0 Å². The number of rotatable bonds is 1. The second-order valence-electron chi connectivity index (χ2n) is 3.65. The van der Waals surface area contributed by atoms with E-state index < -0.39 is 0 Å². The molecule has 0 radical (unpaired) electrons. The Hall–Kier alpha value is -1.49. The molecule has 1 nitrogen and oxygen atoms in total. The van der Waals surface area contributed by atoms with Gasteiger partial charge in [0.15, 0.2) is 0 Å². The predicted octanol–water partition coefficient (Wildman–Crippen LogP) is 0.574. The van der Waals surface area contributed by atoms with E-state index in [0.717, 1.165) is 16.6 Å². The number of benzene rings is 2. The summed E-state index contributed by atoms with van der Waals surface area (Å²) in [7, 11) is 0. The summed E-state index contributed by atoms with van der Waals surface area (Å²) in [5, 5.41) is 1.13. The molecule has 0 unspecified atom stereocenters. The van der Waals surface area contributed by atoms with Gasteiger partial charge < -0.3 is 4.57 Å².